The zero-order valence-electron chi connectivity index (χ0n) is 20.6. The molecule has 6 rings (SSSR count). The van der Waals surface area contributed by atoms with E-state index in [0.717, 1.165) is 32.7 Å². The molecule has 0 radical (unpaired) electrons. The molecule has 0 unspecified atom stereocenters. The van der Waals surface area contributed by atoms with E-state index in [-0.39, 0.29) is 12.7 Å². The Labute approximate surface area is 222 Å². The highest BCUT2D eigenvalue weighted by molar-refractivity contribution is 7.17. The average Bonchev–Trinajstić information content (AvgIpc) is 3.55. The van der Waals surface area contributed by atoms with Crippen molar-refractivity contribution in [2.75, 3.05) is 19.2 Å². The Kier molecular flexibility index (Phi) is 5.91. The first-order valence-electron chi connectivity index (χ1n) is 11.8. The first-order valence-corrected chi connectivity index (χ1v) is 12.7. The lowest BCUT2D eigenvalue weighted by Gasteiger charge is -2.11. The van der Waals surface area contributed by atoms with Crippen molar-refractivity contribution in [3.8, 4) is 45.7 Å². The highest BCUT2D eigenvalue weighted by Crippen LogP contribution is 2.41. The highest BCUT2D eigenvalue weighted by Gasteiger charge is 2.22. The topological polar surface area (TPSA) is 93.5 Å². The van der Waals surface area contributed by atoms with Crippen LogP contribution in [0.25, 0.3) is 33.3 Å². The van der Waals surface area contributed by atoms with E-state index in [0.29, 0.717) is 38.8 Å². The predicted octanol–water partition coefficient (Wildman–Crippen LogP) is 6.80. The average molecular weight is 520 g/mol. The minimum atomic E-state index is -0.315. The summed E-state index contributed by atoms with van der Waals surface area (Å²) in [5.41, 5.74) is 4.71. The van der Waals surface area contributed by atoms with Gasteiger partial charge >= 0.3 is 0 Å². The summed E-state index contributed by atoms with van der Waals surface area (Å²) >= 11 is 1.38. The molecule has 5 aromatic rings. The van der Waals surface area contributed by atoms with Gasteiger partial charge in [-0.3, -0.25) is 4.79 Å². The number of aryl methyl sites for hydroxylation is 1. The maximum absolute atomic E-state index is 13.7. The minimum absolute atomic E-state index is 0.178. The number of para-hydroxylation sites is 1. The van der Waals surface area contributed by atoms with E-state index >= 15 is 0 Å². The summed E-state index contributed by atoms with van der Waals surface area (Å²) in [7, 11) is 1.61. The Balaban J connectivity index is 1.40. The molecule has 0 spiro atoms. The van der Waals surface area contributed by atoms with E-state index in [2.05, 4.69) is 11.4 Å². The number of fused-ring (bicyclic) bond motifs is 2. The molecule has 0 saturated heterocycles. The van der Waals surface area contributed by atoms with Crippen LogP contribution in [0.2, 0.25) is 0 Å². The molecule has 1 aliphatic rings. The number of anilines is 1. The molecule has 1 aliphatic heterocycles. The van der Waals surface area contributed by atoms with Gasteiger partial charge in [0.05, 0.1) is 29.4 Å². The number of methoxy groups -OCH3 is 1. The predicted molar refractivity (Wildman–Crippen MR) is 147 cm³/mol. The standard InChI is InChI=1S/C30H21N3O4S/c1-17-28(18-7-10-20(35-2)11-8-18)23(15-31)30(38-17)33-29(34)22-14-25(32-24-6-4-3-5-21(22)24)19-9-12-26-27(13-19)37-16-36-26/h3-14H,16H2,1-2H3,(H,33,34). The molecule has 0 saturated carbocycles. The second-order valence-electron chi connectivity index (χ2n) is 8.67. The smallest absolute Gasteiger partial charge is 0.257 e. The van der Waals surface area contributed by atoms with E-state index in [1.165, 1.54) is 11.3 Å². The lowest BCUT2D eigenvalue weighted by Crippen LogP contribution is -2.13. The number of benzene rings is 3. The number of carbonyl (C=O) groups excluding carboxylic acids is 1. The van der Waals surface area contributed by atoms with Gasteiger partial charge < -0.3 is 19.5 Å². The van der Waals surface area contributed by atoms with Crippen LogP contribution in [0.4, 0.5) is 5.00 Å². The number of carbonyl (C=O) groups is 1. The number of pyridine rings is 1. The number of nitriles is 1. The quantitative estimate of drug-likeness (QED) is 0.274. The number of rotatable bonds is 5. The molecule has 0 aliphatic carbocycles. The summed E-state index contributed by atoms with van der Waals surface area (Å²) in [6, 6.07) is 24.7. The van der Waals surface area contributed by atoms with Gasteiger partial charge in [-0.15, -0.1) is 11.3 Å². The normalized spacial score (nSPS) is 11.8. The summed E-state index contributed by atoms with van der Waals surface area (Å²) in [6.45, 7) is 2.12. The van der Waals surface area contributed by atoms with Crippen molar-refractivity contribution in [2.45, 2.75) is 6.92 Å². The fraction of sp³-hybridized carbons (Fsp3) is 0.100. The number of amides is 1. The monoisotopic (exact) mass is 519 g/mol. The fourth-order valence-corrected chi connectivity index (χ4v) is 5.60. The van der Waals surface area contributed by atoms with Gasteiger partial charge in [-0.25, -0.2) is 4.98 Å². The Bertz CT molecular complexity index is 1750. The van der Waals surface area contributed by atoms with E-state index in [1.54, 1.807) is 13.2 Å². The second kappa shape index (κ2) is 9.54. The Morgan fingerprint density at radius 1 is 1.03 bits per heavy atom. The summed E-state index contributed by atoms with van der Waals surface area (Å²) in [6.07, 6.45) is 0. The molecule has 7 nitrogen and oxygen atoms in total. The van der Waals surface area contributed by atoms with Crippen molar-refractivity contribution >= 4 is 33.1 Å². The van der Waals surface area contributed by atoms with Crippen LogP contribution in [0, 0.1) is 18.3 Å². The van der Waals surface area contributed by atoms with E-state index in [4.69, 9.17) is 19.2 Å². The molecule has 1 N–H and O–H groups in total. The largest absolute Gasteiger partial charge is 0.497 e. The SMILES string of the molecule is COc1ccc(-c2c(C)sc(NC(=O)c3cc(-c4ccc5c(c4)OCO5)nc4ccccc34)c2C#N)cc1. The van der Waals surface area contributed by atoms with Crippen molar-refractivity contribution < 1.29 is 19.0 Å². The molecule has 186 valence electrons. The van der Waals surface area contributed by atoms with Gasteiger partial charge in [0.15, 0.2) is 11.5 Å². The van der Waals surface area contributed by atoms with Crippen LogP contribution in [0.3, 0.4) is 0 Å². The van der Waals surface area contributed by atoms with Crippen molar-refractivity contribution in [1.82, 2.24) is 4.98 Å². The van der Waals surface area contributed by atoms with E-state index in [9.17, 15) is 10.1 Å². The third kappa shape index (κ3) is 4.09. The fourth-order valence-electron chi connectivity index (χ4n) is 4.58. The maximum Gasteiger partial charge on any atom is 0.257 e. The van der Waals surface area contributed by atoms with Crippen LogP contribution in [-0.2, 0) is 0 Å². The van der Waals surface area contributed by atoms with Crippen LogP contribution in [0.1, 0.15) is 20.8 Å². The molecule has 1 amide bonds. The molecule has 0 fully saturated rings. The number of nitrogens with zero attached hydrogens (tertiary/aromatic N) is 2. The molecule has 2 aromatic heterocycles. The number of aromatic nitrogens is 1. The van der Waals surface area contributed by atoms with Gasteiger partial charge in [0.25, 0.3) is 5.91 Å². The third-order valence-corrected chi connectivity index (χ3v) is 7.45. The zero-order chi connectivity index (χ0) is 26.2. The molecule has 0 atom stereocenters. The molecule has 3 heterocycles. The van der Waals surface area contributed by atoms with Crippen LogP contribution >= 0.6 is 11.3 Å². The van der Waals surface area contributed by atoms with Crippen LogP contribution in [0.15, 0.2) is 72.8 Å². The zero-order valence-corrected chi connectivity index (χ0v) is 21.4. The maximum atomic E-state index is 13.7. The molecular formula is C30H21N3O4S. The van der Waals surface area contributed by atoms with E-state index in [1.807, 2.05) is 73.7 Å². The summed E-state index contributed by atoms with van der Waals surface area (Å²) < 4.78 is 16.2. The van der Waals surface area contributed by atoms with Crippen molar-refractivity contribution in [3.05, 3.63) is 88.8 Å². The number of nitrogens with one attached hydrogen (secondary N) is 1. The molecule has 8 heteroatoms. The minimum Gasteiger partial charge on any atom is -0.497 e. The van der Waals surface area contributed by atoms with Crippen LogP contribution in [-0.4, -0.2) is 24.8 Å². The second-order valence-corrected chi connectivity index (χ2v) is 9.90. The molecule has 3 aromatic carbocycles. The number of ether oxygens (including phenoxy) is 3. The van der Waals surface area contributed by atoms with Crippen LogP contribution in [0.5, 0.6) is 17.2 Å². The summed E-state index contributed by atoms with van der Waals surface area (Å²) in [5.74, 6) is 1.74. The first-order chi connectivity index (χ1) is 18.6. The van der Waals surface area contributed by atoms with Crippen LogP contribution < -0.4 is 19.5 Å². The first kappa shape index (κ1) is 23.5. The van der Waals surface area contributed by atoms with Gasteiger partial charge in [-0.2, -0.15) is 5.26 Å². The van der Waals surface area contributed by atoms with Gasteiger partial charge in [0.1, 0.15) is 16.8 Å². The molecule has 0 bridgehead atoms. The van der Waals surface area contributed by atoms with Gasteiger partial charge in [0.2, 0.25) is 6.79 Å². The number of hydrogen-bond acceptors (Lipinski definition) is 7. The van der Waals surface area contributed by atoms with Crippen molar-refractivity contribution in [2.24, 2.45) is 0 Å². The lowest BCUT2D eigenvalue weighted by atomic mass is 10.0. The number of thiophene rings is 1. The van der Waals surface area contributed by atoms with Gasteiger partial charge in [-0.1, -0.05) is 30.3 Å². The van der Waals surface area contributed by atoms with Crippen molar-refractivity contribution in [1.29, 1.82) is 5.26 Å². The lowest BCUT2D eigenvalue weighted by molar-refractivity contribution is 0.102. The molecule has 38 heavy (non-hydrogen) atoms. The summed E-state index contributed by atoms with van der Waals surface area (Å²) in [4.78, 5) is 19.4. The van der Waals surface area contributed by atoms with Gasteiger partial charge in [-0.05, 0) is 55.0 Å². The Morgan fingerprint density at radius 2 is 1.79 bits per heavy atom. The molecular weight excluding hydrogens is 498 g/mol. The third-order valence-electron chi connectivity index (χ3n) is 6.43. The van der Waals surface area contributed by atoms with E-state index < -0.39 is 0 Å². The summed E-state index contributed by atoms with van der Waals surface area (Å²) in [5, 5.41) is 14.3. The highest BCUT2D eigenvalue weighted by atomic mass is 32.1. The van der Waals surface area contributed by atoms with Gasteiger partial charge in [0, 0.05) is 21.4 Å². The Morgan fingerprint density at radius 3 is 2.58 bits per heavy atom. The Hall–Kier alpha value is -4.87. The van der Waals surface area contributed by atoms with Crippen molar-refractivity contribution in [3.63, 3.8) is 0 Å². The number of hydrogen-bond donors (Lipinski definition) is 1.